The highest BCUT2D eigenvalue weighted by atomic mass is 35.5. The van der Waals surface area contributed by atoms with Crippen molar-refractivity contribution in [1.82, 2.24) is 0 Å². The molecule has 0 aliphatic rings. The molecule has 0 saturated heterocycles. The van der Waals surface area contributed by atoms with Gasteiger partial charge in [-0.2, -0.15) is 0 Å². The molecule has 0 aromatic heterocycles. The predicted octanol–water partition coefficient (Wildman–Crippen LogP) is -3.37. The number of quaternary nitrogens is 1. The van der Waals surface area contributed by atoms with Crippen LogP contribution >= 0.6 is 0 Å². The molecule has 78 valence electrons. The maximum atomic E-state index is 10.9. The normalized spacial score (nSPS) is 21.9. The maximum Gasteiger partial charge on any atom is 0.362 e. The fourth-order valence-electron chi connectivity index (χ4n) is 0.573. The van der Waals surface area contributed by atoms with Crippen LogP contribution in [0.25, 0.3) is 0 Å². The van der Waals surface area contributed by atoms with Crippen LogP contribution in [-0.4, -0.2) is 22.2 Å². The van der Waals surface area contributed by atoms with Crippen LogP contribution in [0, 0.1) is 0 Å². The second-order valence-corrected chi connectivity index (χ2v) is 2.13. The van der Waals surface area contributed by atoms with E-state index in [1.54, 1.807) is 0 Å². The van der Waals surface area contributed by atoms with E-state index in [9.17, 15) is 9.90 Å². The highest BCUT2D eigenvalue weighted by Crippen LogP contribution is 2.10. The molecule has 0 unspecified atom stereocenters. The minimum atomic E-state index is -3.10. The molecule has 0 bridgehead atoms. The molecule has 0 heterocycles. The van der Waals surface area contributed by atoms with E-state index in [1.807, 2.05) is 0 Å². The summed E-state index contributed by atoms with van der Waals surface area (Å²) in [5, 5.41) is 18.2. The molecule has 5 N–H and O–H groups in total. The SMILES string of the molecule is [2H]c1c([2H])c(C([2H])([2H])[C@]([2H])([NH3+])C(=O)O)c([2H])c([2H])c1O.[Cl-]. The number of rotatable bonds is 3. The van der Waals surface area contributed by atoms with Crippen LogP contribution in [0.15, 0.2) is 24.2 Å². The maximum absolute atomic E-state index is 10.9. The van der Waals surface area contributed by atoms with Crippen LogP contribution in [0.5, 0.6) is 5.75 Å². The van der Waals surface area contributed by atoms with Gasteiger partial charge in [0.05, 0.1) is 5.48 Å². The van der Waals surface area contributed by atoms with Gasteiger partial charge in [0.1, 0.15) is 7.12 Å². The van der Waals surface area contributed by atoms with Crippen molar-refractivity contribution in [3.05, 3.63) is 29.7 Å². The molecular weight excluding hydrogens is 206 g/mol. The number of aromatic hydroxyl groups is 1. The Kier molecular flexibility index (Phi) is 1.95. The monoisotopic (exact) mass is 224 g/mol. The molecular formula is C9H12ClNO3. The number of benzene rings is 1. The molecule has 1 rings (SSSR count). The fraction of sp³-hybridized carbons (Fsp3) is 0.222. The Labute approximate surface area is 97.6 Å². The number of phenols is 1. The lowest BCUT2D eigenvalue weighted by Gasteiger charge is -2.02. The fourth-order valence-corrected chi connectivity index (χ4v) is 0.573. The zero-order valence-electron chi connectivity index (χ0n) is 13.9. The first kappa shape index (κ1) is 5.00. The van der Waals surface area contributed by atoms with Crippen LogP contribution < -0.4 is 18.1 Å². The van der Waals surface area contributed by atoms with Crippen molar-refractivity contribution in [3.8, 4) is 5.75 Å². The summed E-state index contributed by atoms with van der Waals surface area (Å²) in [6.45, 7) is 0. The number of hydrogen-bond donors (Lipinski definition) is 3. The molecule has 0 amide bonds. The third kappa shape index (κ3) is 3.64. The third-order valence-corrected chi connectivity index (χ3v) is 1.15. The summed E-state index contributed by atoms with van der Waals surface area (Å²) in [5.41, 5.74) is 1.99. The van der Waals surface area contributed by atoms with E-state index in [1.165, 1.54) is 0 Å². The van der Waals surface area contributed by atoms with Gasteiger partial charge in [-0.1, -0.05) is 12.1 Å². The van der Waals surface area contributed by atoms with Crippen molar-refractivity contribution >= 4 is 5.97 Å². The van der Waals surface area contributed by atoms with Crippen LogP contribution in [0.3, 0.4) is 0 Å². The first-order chi connectivity index (χ1) is 8.87. The summed E-state index contributed by atoms with van der Waals surface area (Å²) < 4.78 is 52.7. The first-order valence-electron chi connectivity index (χ1n) is 6.75. The Hall–Kier alpha value is -1.26. The van der Waals surface area contributed by atoms with Crippen molar-refractivity contribution in [2.24, 2.45) is 0 Å². The summed E-state index contributed by atoms with van der Waals surface area (Å²) in [7, 11) is 0. The Morgan fingerprint density at radius 1 is 1.64 bits per heavy atom. The minimum Gasteiger partial charge on any atom is -1.00 e. The van der Waals surface area contributed by atoms with Crippen LogP contribution in [0.2, 0.25) is 0 Å². The zero-order valence-corrected chi connectivity index (χ0v) is 7.64. The van der Waals surface area contributed by atoms with Gasteiger partial charge in [0.25, 0.3) is 0 Å². The average molecular weight is 225 g/mol. The second kappa shape index (κ2) is 5.47. The Bertz CT molecular complexity index is 564. The summed E-state index contributed by atoms with van der Waals surface area (Å²) in [4.78, 5) is 10.9. The van der Waals surface area contributed by atoms with Crippen LogP contribution in [0.4, 0.5) is 0 Å². The molecule has 0 fully saturated rings. The number of halogens is 1. The van der Waals surface area contributed by atoms with Crippen molar-refractivity contribution in [1.29, 1.82) is 0 Å². The third-order valence-electron chi connectivity index (χ3n) is 1.15. The van der Waals surface area contributed by atoms with Gasteiger partial charge in [0, 0.05) is 9.11 Å². The van der Waals surface area contributed by atoms with E-state index in [4.69, 9.17) is 14.7 Å². The molecule has 0 saturated carbocycles. The summed E-state index contributed by atoms with van der Waals surface area (Å²) in [5.74, 6) is -2.90. The highest BCUT2D eigenvalue weighted by Gasteiger charge is 2.15. The van der Waals surface area contributed by atoms with Crippen molar-refractivity contribution in [2.45, 2.75) is 12.4 Å². The molecule has 0 aliphatic carbocycles. The van der Waals surface area contributed by atoms with E-state index in [0.717, 1.165) is 0 Å². The quantitative estimate of drug-likeness (QED) is 0.501. The number of carboxylic acid groups (broad SMARTS) is 1. The predicted molar refractivity (Wildman–Crippen MR) is 46.1 cm³/mol. The molecule has 1 aromatic rings. The molecule has 14 heavy (non-hydrogen) atoms. The Morgan fingerprint density at radius 3 is 2.57 bits per heavy atom. The lowest BCUT2D eigenvalue weighted by Crippen LogP contribution is -3.00. The van der Waals surface area contributed by atoms with Gasteiger partial charge < -0.3 is 28.4 Å². The standard InChI is InChI=1S/C9H11NO3.ClH/c10-8(9(12)13)5-6-1-3-7(11)4-2-6;/h1-4,8,11H,5,10H2,(H,12,13);1H/t8-;/m0./s1/i1D,2D,3D,4D,5D2,8D;. The van der Waals surface area contributed by atoms with E-state index in [2.05, 4.69) is 5.73 Å². The van der Waals surface area contributed by atoms with Crippen molar-refractivity contribution in [3.63, 3.8) is 0 Å². The highest BCUT2D eigenvalue weighted by molar-refractivity contribution is 5.71. The molecule has 1 atom stereocenters. The average Bonchev–Trinajstić information content (AvgIpc) is 2.33. The van der Waals surface area contributed by atoms with Crippen molar-refractivity contribution in [2.75, 3.05) is 0 Å². The number of carboxylic acids is 1. The van der Waals surface area contributed by atoms with E-state index in [0.29, 0.717) is 0 Å². The van der Waals surface area contributed by atoms with Gasteiger partial charge in [-0.15, -0.1) is 0 Å². The van der Waals surface area contributed by atoms with Crippen LogP contribution in [0.1, 0.15) is 15.2 Å². The first-order valence-corrected chi connectivity index (χ1v) is 3.25. The molecule has 0 spiro atoms. The largest absolute Gasteiger partial charge is 1.00 e. The number of aliphatic carboxylic acids is 1. The van der Waals surface area contributed by atoms with E-state index < -0.39 is 53.8 Å². The topological polar surface area (TPSA) is 85.2 Å². The smallest absolute Gasteiger partial charge is 0.362 e. The molecule has 4 nitrogen and oxygen atoms in total. The number of phenolic OH excluding ortho intramolecular Hbond substituents is 1. The lowest BCUT2D eigenvalue weighted by atomic mass is 10.1. The Balaban J connectivity index is 0.00000400. The molecule has 1 aromatic carbocycles. The van der Waals surface area contributed by atoms with Gasteiger partial charge in [0.15, 0.2) is 6.02 Å². The van der Waals surface area contributed by atoms with Gasteiger partial charge >= 0.3 is 5.97 Å². The summed E-state index contributed by atoms with van der Waals surface area (Å²) in [6, 6.07) is -6.70. The van der Waals surface area contributed by atoms with Crippen LogP contribution in [-0.2, 0) is 11.2 Å². The zero-order chi connectivity index (χ0) is 16.0. The number of carbonyl (C=O) groups is 1. The van der Waals surface area contributed by atoms with Gasteiger partial charge in [-0.25, -0.2) is 4.79 Å². The van der Waals surface area contributed by atoms with E-state index >= 15 is 0 Å². The minimum absolute atomic E-state index is 0. The molecule has 5 heteroatoms. The van der Waals surface area contributed by atoms with Gasteiger partial charge in [0.2, 0.25) is 0 Å². The lowest BCUT2D eigenvalue weighted by molar-refractivity contribution is -0.407. The van der Waals surface area contributed by atoms with Crippen molar-refractivity contribution < 1.29 is 42.7 Å². The van der Waals surface area contributed by atoms with E-state index in [-0.39, 0.29) is 12.4 Å². The number of hydrogen-bond acceptors (Lipinski definition) is 2. The Morgan fingerprint density at radius 2 is 2.14 bits per heavy atom. The molecule has 0 aliphatic heterocycles. The van der Waals surface area contributed by atoms with Gasteiger partial charge in [-0.3, -0.25) is 0 Å². The summed E-state index contributed by atoms with van der Waals surface area (Å²) in [6.07, 6.45) is -3.10. The second-order valence-electron chi connectivity index (χ2n) is 2.13. The molecule has 0 radical (unpaired) electrons. The summed E-state index contributed by atoms with van der Waals surface area (Å²) >= 11 is 0. The van der Waals surface area contributed by atoms with Gasteiger partial charge in [-0.05, 0) is 17.6 Å².